The van der Waals surface area contributed by atoms with Crippen LogP contribution in [0.3, 0.4) is 0 Å². The number of aromatic nitrogens is 1. The Kier molecular flexibility index (Phi) is 6.89. The van der Waals surface area contributed by atoms with Crippen molar-refractivity contribution >= 4 is 5.97 Å². The average Bonchev–Trinajstić information content (AvgIpc) is 3.16. The summed E-state index contributed by atoms with van der Waals surface area (Å²) in [6, 6.07) is 15.2. The molecule has 0 atom stereocenters. The van der Waals surface area contributed by atoms with Gasteiger partial charge in [0.15, 0.2) is 6.61 Å². The number of benzene rings is 2. The number of carbonyl (C=O) groups is 1. The quantitative estimate of drug-likeness (QED) is 0.539. The molecule has 6 heteroatoms. The first-order chi connectivity index (χ1) is 14.0. The Hall–Kier alpha value is -3.28. The zero-order chi connectivity index (χ0) is 20.6. The highest BCUT2D eigenvalue weighted by atomic mass is 16.5. The lowest BCUT2D eigenvalue weighted by Gasteiger charge is -2.14. The van der Waals surface area contributed by atoms with E-state index in [2.05, 4.69) is 18.8 Å². The van der Waals surface area contributed by atoms with Crippen LogP contribution in [0.15, 0.2) is 59.2 Å². The summed E-state index contributed by atoms with van der Waals surface area (Å²) in [5.74, 6) is 1.31. The Morgan fingerprint density at radius 1 is 1.14 bits per heavy atom. The van der Waals surface area contributed by atoms with Gasteiger partial charge in [0.25, 0.3) is 0 Å². The minimum atomic E-state index is -0.997. The summed E-state index contributed by atoms with van der Waals surface area (Å²) in [6.07, 6.45) is 3.04. The molecule has 0 aliphatic heterocycles. The first kappa shape index (κ1) is 20.5. The zero-order valence-electron chi connectivity index (χ0n) is 16.6. The van der Waals surface area contributed by atoms with E-state index in [0.717, 1.165) is 29.0 Å². The van der Waals surface area contributed by atoms with Crippen LogP contribution in [-0.4, -0.2) is 29.3 Å². The van der Waals surface area contributed by atoms with Crippen LogP contribution >= 0.6 is 0 Å². The van der Waals surface area contributed by atoms with Gasteiger partial charge < -0.3 is 19.0 Å². The van der Waals surface area contributed by atoms with Crippen molar-refractivity contribution in [1.29, 1.82) is 0 Å². The van der Waals surface area contributed by atoms with Gasteiger partial charge in [0.2, 0.25) is 5.89 Å². The second-order valence-corrected chi connectivity index (χ2v) is 7.16. The fourth-order valence-corrected chi connectivity index (χ4v) is 2.93. The van der Waals surface area contributed by atoms with Crippen molar-refractivity contribution in [3.8, 4) is 23.0 Å². The monoisotopic (exact) mass is 395 g/mol. The van der Waals surface area contributed by atoms with Gasteiger partial charge in [-0.2, -0.15) is 0 Å². The molecule has 0 radical (unpaired) electrons. The molecular formula is C23H25NO5. The Morgan fingerprint density at radius 3 is 2.66 bits per heavy atom. The largest absolute Gasteiger partial charge is 0.493 e. The maximum Gasteiger partial charge on any atom is 0.341 e. The molecule has 0 spiro atoms. The predicted molar refractivity (Wildman–Crippen MR) is 109 cm³/mol. The first-order valence-electron chi connectivity index (χ1n) is 9.61. The molecule has 29 heavy (non-hydrogen) atoms. The maximum atomic E-state index is 10.8. The highest BCUT2D eigenvalue weighted by Crippen LogP contribution is 2.27. The average molecular weight is 395 g/mol. The third-order valence-electron chi connectivity index (χ3n) is 4.21. The van der Waals surface area contributed by atoms with E-state index in [4.69, 9.17) is 19.0 Å². The van der Waals surface area contributed by atoms with Crippen molar-refractivity contribution in [3.63, 3.8) is 0 Å². The summed E-state index contributed by atoms with van der Waals surface area (Å²) in [4.78, 5) is 15.3. The van der Waals surface area contributed by atoms with Crippen molar-refractivity contribution in [2.75, 3.05) is 13.2 Å². The molecule has 0 bridgehead atoms. The normalized spacial score (nSPS) is 10.9. The second kappa shape index (κ2) is 9.78. The molecule has 0 saturated heterocycles. The van der Waals surface area contributed by atoms with E-state index in [1.54, 1.807) is 18.4 Å². The lowest BCUT2D eigenvalue weighted by Crippen LogP contribution is -2.11. The fraction of sp³-hybridized carbons (Fsp3) is 0.304. The maximum absolute atomic E-state index is 10.8. The topological polar surface area (TPSA) is 81.8 Å². The zero-order valence-corrected chi connectivity index (χ0v) is 16.6. The number of carboxylic acid groups (broad SMARTS) is 1. The Bertz CT molecular complexity index is 933. The lowest BCUT2D eigenvalue weighted by atomic mass is 10.0. The number of carboxylic acids is 1. The van der Waals surface area contributed by atoms with Crippen LogP contribution < -0.4 is 9.47 Å². The third kappa shape index (κ3) is 6.10. The molecule has 0 aliphatic carbocycles. The smallest absolute Gasteiger partial charge is 0.341 e. The summed E-state index contributed by atoms with van der Waals surface area (Å²) in [6.45, 7) is 4.30. The molecule has 1 heterocycles. The molecule has 6 nitrogen and oxygen atoms in total. The van der Waals surface area contributed by atoms with Crippen LogP contribution in [0.25, 0.3) is 11.5 Å². The van der Waals surface area contributed by atoms with Crippen LogP contribution in [-0.2, 0) is 17.6 Å². The molecule has 1 N–H and O–H groups in total. The standard InChI is InChI=1S/C23H25NO5/c1-16(2)12-18-13-20(8-9-21(18)28-15-22(25)26)27-11-10-19-14-29-23(24-19)17-6-4-3-5-7-17/h3-9,13-14,16H,10-12,15H2,1-2H3,(H,25,26). The van der Waals surface area contributed by atoms with Crippen LogP contribution in [0.2, 0.25) is 0 Å². The summed E-state index contributed by atoms with van der Waals surface area (Å²) in [5, 5.41) is 8.84. The first-order valence-corrected chi connectivity index (χ1v) is 9.61. The highest BCUT2D eigenvalue weighted by Gasteiger charge is 2.11. The van der Waals surface area contributed by atoms with Gasteiger partial charge in [-0.3, -0.25) is 0 Å². The number of oxazole rings is 1. The molecule has 2 aromatic carbocycles. The molecule has 0 unspecified atom stereocenters. The van der Waals surface area contributed by atoms with Crippen LogP contribution in [0.5, 0.6) is 11.5 Å². The number of hydrogen-bond acceptors (Lipinski definition) is 5. The van der Waals surface area contributed by atoms with E-state index >= 15 is 0 Å². The summed E-state index contributed by atoms with van der Waals surface area (Å²) >= 11 is 0. The van der Waals surface area contributed by atoms with E-state index in [9.17, 15) is 4.79 Å². The van der Waals surface area contributed by atoms with Gasteiger partial charge in [0.05, 0.1) is 12.3 Å². The number of aliphatic carboxylic acids is 1. The van der Waals surface area contributed by atoms with Crippen molar-refractivity contribution in [2.24, 2.45) is 5.92 Å². The molecular weight excluding hydrogens is 370 g/mol. The van der Waals surface area contributed by atoms with E-state index in [1.165, 1.54) is 0 Å². The molecule has 3 aromatic rings. The number of hydrogen-bond donors (Lipinski definition) is 1. The summed E-state index contributed by atoms with van der Waals surface area (Å²) < 4.78 is 16.8. The van der Waals surface area contributed by atoms with Crippen molar-refractivity contribution < 1.29 is 23.8 Å². The van der Waals surface area contributed by atoms with Gasteiger partial charge in [0.1, 0.15) is 17.8 Å². The van der Waals surface area contributed by atoms with E-state index in [1.807, 2.05) is 36.4 Å². The van der Waals surface area contributed by atoms with Gasteiger partial charge in [-0.05, 0) is 48.2 Å². The van der Waals surface area contributed by atoms with Crippen LogP contribution in [0, 0.1) is 5.92 Å². The van der Waals surface area contributed by atoms with Crippen molar-refractivity contribution in [1.82, 2.24) is 4.98 Å². The summed E-state index contributed by atoms with van der Waals surface area (Å²) in [5.41, 5.74) is 2.70. The van der Waals surface area contributed by atoms with Gasteiger partial charge in [0, 0.05) is 12.0 Å². The van der Waals surface area contributed by atoms with E-state index in [-0.39, 0.29) is 6.61 Å². The molecule has 0 amide bonds. The molecule has 3 rings (SSSR count). The Balaban J connectivity index is 1.60. The third-order valence-corrected chi connectivity index (χ3v) is 4.21. The molecule has 0 aliphatic rings. The number of rotatable bonds is 10. The molecule has 152 valence electrons. The minimum Gasteiger partial charge on any atom is -0.493 e. The second-order valence-electron chi connectivity index (χ2n) is 7.16. The highest BCUT2D eigenvalue weighted by molar-refractivity contribution is 5.68. The number of nitrogens with zero attached hydrogens (tertiary/aromatic N) is 1. The lowest BCUT2D eigenvalue weighted by molar-refractivity contribution is -0.139. The van der Waals surface area contributed by atoms with E-state index in [0.29, 0.717) is 30.6 Å². The summed E-state index contributed by atoms with van der Waals surface area (Å²) in [7, 11) is 0. The minimum absolute atomic E-state index is 0.360. The number of ether oxygens (including phenoxy) is 2. The molecule has 0 saturated carbocycles. The SMILES string of the molecule is CC(C)Cc1cc(OCCc2coc(-c3ccccc3)n2)ccc1OCC(=O)O. The van der Waals surface area contributed by atoms with Gasteiger partial charge in [-0.1, -0.05) is 32.0 Å². The van der Waals surface area contributed by atoms with Gasteiger partial charge >= 0.3 is 5.97 Å². The Labute approximate surface area is 170 Å². The van der Waals surface area contributed by atoms with Gasteiger partial charge in [-0.25, -0.2) is 9.78 Å². The van der Waals surface area contributed by atoms with Crippen molar-refractivity contribution in [2.45, 2.75) is 26.7 Å². The molecule has 1 aromatic heterocycles. The molecule has 0 fully saturated rings. The fourth-order valence-electron chi connectivity index (χ4n) is 2.93. The van der Waals surface area contributed by atoms with E-state index < -0.39 is 5.97 Å². The van der Waals surface area contributed by atoms with Crippen LogP contribution in [0.1, 0.15) is 25.1 Å². The van der Waals surface area contributed by atoms with Gasteiger partial charge in [-0.15, -0.1) is 0 Å². The predicted octanol–water partition coefficient (Wildman–Crippen LogP) is 4.63. The van der Waals surface area contributed by atoms with Crippen LogP contribution in [0.4, 0.5) is 0 Å². The van der Waals surface area contributed by atoms with Crippen molar-refractivity contribution in [3.05, 3.63) is 66.1 Å². The Morgan fingerprint density at radius 2 is 1.93 bits per heavy atom.